The molecule has 7 heteroatoms. The number of azide groups is 1. The Morgan fingerprint density at radius 2 is 2.43 bits per heavy atom. The highest BCUT2D eigenvalue weighted by Gasteiger charge is 2.30. The fraction of sp³-hybridized carbons (Fsp3) is 0.857. The summed E-state index contributed by atoms with van der Waals surface area (Å²) >= 11 is 0. The lowest BCUT2D eigenvalue weighted by atomic mass is 10.1. The summed E-state index contributed by atoms with van der Waals surface area (Å²) < 4.78 is 23.9. The van der Waals surface area contributed by atoms with Crippen molar-refractivity contribution in [3.63, 3.8) is 0 Å². The van der Waals surface area contributed by atoms with Crippen molar-refractivity contribution in [2.75, 3.05) is 19.6 Å². The van der Waals surface area contributed by atoms with Crippen molar-refractivity contribution in [1.82, 2.24) is 4.90 Å². The van der Waals surface area contributed by atoms with Gasteiger partial charge in [0.25, 0.3) is 6.43 Å². The largest absolute Gasteiger partial charge is 0.337 e. The van der Waals surface area contributed by atoms with E-state index in [2.05, 4.69) is 10.0 Å². The highest BCUT2D eigenvalue weighted by molar-refractivity contribution is 5.78. The molecule has 0 saturated carbocycles. The summed E-state index contributed by atoms with van der Waals surface area (Å²) in [4.78, 5) is 14.8. The molecule has 1 aliphatic heterocycles. The summed E-state index contributed by atoms with van der Waals surface area (Å²) in [6.45, 7) is -0.0597. The molecule has 0 aliphatic carbocycles. The van der Waals surface area contributed by atoms with Crippen molar-refractivity contribution < 1.29 is 13.6 Å². The number of halogens is 2. The molecule has 78 valence electrons. The van der Waals surface area contributed by atoms with E-state index in [4.69, 9.17) is 5.53 Å². The van der Waals surface area contributed by atoms with Gasteiger partial charge in [-0.25, -0.2) is 8.78 Å². The van der Waals surface area contributed by atoms with E-state index in [-0.39, 0.29) is 31.3 Å². The predicted octanol–water partition coefficient (Wildman–Crippen LogP) is 1.41. The van der Waals surface area contributed by atoms with Gasteiger partial charge in [-0.3, -0.25) is 4.79 Å². The minimum atomic E-state index is -2.50. The smallest absolute Gasteiger partial charge is 0.255 e. The fourth-order valence-electron chi connectivity index (χ4n) is 1.47. The van der Waals surface area contributed by atoms with E-state index in [0.717, 1.165) is 4.90 Å². The number of hydrogen-bond donors (Lipinski definition) is 0. The molecule has 14 heavy (non-hydrogen) atoms. The molecular weight excluding hydrogens is 194 g/mol. The molecule has 0 bridgehead atoms. The summed E-state index contributed by atoms with van der Waals surface area (Å²) in [7, 11) is 0. The summed E-state index contributed by atoms with van der Waals surface area (Å²) in [5, 5.41) is 3.32. The second-order valence-electron chi connectivity index (χ2n) is 3.17. The van der Waals surface area contributed by atoms with E-state index >= 15 is 0 Å². The van der Waals surface area contributed by atoms with Crippen LogP contribution in [0.5, 0.6) is 0 Å². The molecule has 1 rings (SSSR count). The van der Waals surface area contributed by atoms with Crippen molar-refractivity contribution in [3.05, 3.63) is 10.4 Å². The van der Waals surface area contributed by atoms with Crippen molar-refractivity contribution in [3.8, 4) is 0 Å². The van der Waals surface area contributed by atoms with Crippen LogP contribution in [0.4, 0.5) is 8.78 Å². The molecule has 5 nitrogen and oxygen atoms in total. The maximum Gasteiger partial charge on any atom is 0.255 e. The summed E-state index contributed by atoms with van der Waals surface area (Å²) in [6.07, 6.45) is -2.30. The van der Waals surface area contributed by atoms with Gasteiger partial charge in [0.15, 0.2) is 0 Å². The molecule has 1 atom stereocenters. The molecule has 0 N–H and O–H groups in total. The third kappa shape index (κ3) is 2.85. The van der Waals surface area contributed by atoms with Gasteiger partial charge in [0.1, 0.15) is 0 Å². The number of amides is 1. The Morgan fingerprint density at radius 1 is 1.71 bits per heavy atom. The van der Waals surface area contributed by atoms with Gasteiger partial charge in [-0.15, -0.1) is 0 Å². The minimum Gasteiger partial charge on any atom is -0.337 e. The third-order valence-corrected chi connectivity index (χ3v) is 2.06. The highest BCUT2D eigenvalue weighted by Crippen LogP contribution is 2.18. The van der Waals surface area contributed by atoms with Crippen LogP contribution in [0.1, 0.15) is 6.42 Å². The number of hydrogen-bond acceptors (Lipinski definition) is 2. The quantitative estimate of drug-likeness (QED) is 0.387. The Hall–Kier alpha value is -1.36. The second-order valence-corrected chi connectivity index (χ2v) is 3.17. The molecule has 1 heterocycles. The first kappa shape index (κ1) is 10.7. The van der Waals surface area contributed by atoms with E-state index in [1.165, 1.54) is 0 Å². The van der Waals surface area contributed by atoms with Gasteiger partial charge in [-0.2, -0.15) is 0 Å². The zero-order valence-electron chi connectivity index (χ0n) is 7.44. The minimum absolute atomic E-state index is 0.114. The molecule has 0 aromatic heterocycles. The first-order valence-corrected chi connectivity index (χ1v) is 4.20. The van der Waals surface area contributed by atoms with E-state index in [1.807, 2.05) is 0 Å². The Balaban J connectivity index is 2.43. The number of likely N-dealkylation sites (tertiary alicyclic amines) is 1. The maximum atomic E-state index is 12.0. The van der Waals surface area contributed by atoms with Gasteiger partial charge < -0.3 is 4.90 Å². The third-order valence-electron chi connectivity index (χ3n) is 2.06. The van der Waals surface area contributed by atoms with Crippen LogP contribution < -0.4 is 0 Å². The van der Waals surface area contributed by atoms with Crippen LogP contribution in [0, 0.1) is 5.92 Å². The lowest BCUT2D eigenvalue weighted by Gasteiger charge is -2.14. The van der Waals surface area contributed by atoms with E-state index in [0.29, 0.717) is 0 Å². The van der Waals surface area contributed by atoms with Crippen molar-refractivity contribution >= 4 is 5.91 Å². The van der Waals surface area contributed by atoms with Gasteiger partial charge in [0, 0.05) is 24.4 Å². The van der Waals surface area contributed by atoms with Gasteiger partial charge >= 0.3 is 0 Å². The molecule has 1 fully saturated rings. The lowest BCUT2D eigenvalue weighted by Crippen LogP contribution is -2.30. The first-order chi connectivity index (χ1) is 6.63. The molecule has 0 radical (unpaired) electrons. The number of nitrogens with zero attached hydrogens (tertiary/aromatic N) is 4. The Morgan fingerprint density at radius 3 is 3.00 bits per heavy atom. The second kappa shape index (κ2) is 4.76. The average molecular weight is 204 g/mol. The van der Waals surface area contributed by atoms with Crippen molar-refractivity contribution in [2.24, 2.45) is 11.0 Å². The summed E-state index contributed by atoms with van der Waals surface area (Å²) in [5.41, 5.74) is 8.04. The van der Waals surface area contributed by atoms with Crippen LogP contribution in [0.25, 0.3) is 10.4 Å². The van der Waals surface area contributed by atoms with Crippen LogP contribution in [0.3, 0.4) is 0 Å². The van der Waals surface area contributed by atoms with Gasteiger partial charge in [-0.1, -0.05) is 5.11 Å². The zero-order valence-corrected chi connectivity index (χ0v) is 7.44. The molecule has 0 aromatic carbocycles. The van der Waals surface area contributed by atoms with Crippen LogP contribution in [0.2, 0.25) is 0 Å². The molecule has 1 unspecified atom stereocenters. The Labute approximate surface area is 79.3 Å². The normalized spacial score (nSPS) is 21.5. The van der Waals surface area contributed by atoms with E-state index in [1.54, 1.807) is 0 Å². The number of carbonyl (C=O) groups excluding carboxylic acids is 1. The zero-order chi connectivity index (χ0) is 10.6. The van der Waals surface area contributed by atoms with Crippen LogP contribution >= 0.6 is 0 Å². The molecule has 0 spiro atoms. The Kier molecular flexibility index (Phi) is 3.64. The first-order valence-electron chi connectivity index (χ1n) is 4.20. The molecule has 1 amide bonds. The lowest BCUT2D eigenvalue weighted by molar-refractivity contribution is -0.129. The standard InChI is InChI=1S/C7H10F2N4O/c8-6(9)4-13-3-5(1-7(13)14)2-11-12-10/h5-6H,1-4H2. The Bertz CT molecular complexity index is 264. The van der Waals surface area contributed by atoms with Crippen LogP contribution in [-0.4, -0.2) is 36.9 Å². The highest BCUT2D eigenvalue weighted by atomic mass is 19.3. The predicted molar refractivity (Wildman–Crippen MR) is 44.7 cm³/mol. The van der Waals surface area contributed by atoms with E-state index in [9.17, 15) is 13.6 Å². The number of carbonyl (C=O) groups is 1. The molecule has 1 saturated heterocycles. The van der Waals surface area contributed by atoms with Crippen molar-refractivity contribution in [2.45, 2.75) is 12.8 Å². The van der Waals surface area contributed by atoms with Crippen molar-refractivity contribution in [1.29, 1.82) is 0 Å². The number of rotatable bonds is 4. The molecule has 0 aromatic rings. The summed E-state index contributed by atoms with van der Waals surface area (Å²) in [6, 6.07) is 0. The fourth-order valence-corrected chi connectivity index (χ4v) is 1.47. The molecule has 1 aliphatic rings. The SMILES string of the molecule is [N-]=[N+]=NCC1CC(=O)N(CC(F)F)C1. The number of alkyl halides is 2. The monoisotopic (exact) mass is 204 g/mol. The average Bonchev–Trinajstić information content (AvgIpc) is 2.43. The van der Waals surface area contributed by atoms with Gasteiger partial charge in [0.05, 0.1) is 6.54 Å². The van der Waals surface area contributed by atoms with Gasteiger partial charge in [0.2, 0.25) is 5.91 Å². The van der Waals surface area contributed by atoms with Crippen LogP contribution in [0.15, 0.2) is 5.11 Å². The maximum absolute atomic E-state index is 12.0. The molecular formula is C7H10F2N4O. The van der Waals surface area contributed by atoms with E-state index < -0.39 is 13.0 Å². The van der Waals surface area contributed by atoms with Gasteiger partial charge in [-0.05, 0) is 11.4 Å². The van der Waals surface area contributed by atoms with Crippen LogP contribution in [-0.2, 0) is 4.79 Å². The topological polar surface area (TPSA) is 69.1 Å². The summed E-state index contributed by atoms with van der Waals surface area (Å²) in [5.74, 6) is -0.402.